The van der Waals surface area contributed by atoms with Gasteiger partial charge >= 0.3 is 5.97 Å². The largest absolute Gasteiger partial charge is 0.467 e. The number of aliphatic hydroxyl groups is 1. The summed E-state index contributed by atoms with van der Waals surface area (Å²) < 4.78 is 23.4. The van der Waals surface area contributed by atoms with Crippen LogP contribution in [0.5, 0.6) is 5.75 Å². The Hall–Kier alpha value is -1.97. The quantitative estimate of drug-likeness (QED) is 0.175. The number of hydrogen-bond donors (Lipinski definition) is 2. The highest BCUT2D eigenvalue weighted by molar-refractivity contribution is 9.10. The molecule has 0 unspecified atom stereocenters. The zero-order chi connectivity index (χ0) is 27.6. The van der Waals surface area contributed by atoms with Crippen molar-refractivity contribution in [2.24, 2.45) is 0 Å². The van der Waals surface area contributed by atoms with E-state index >= 15 is 0 Å². The van der Waals surface area contributed by atoms with Crippen LogP contribution in [0.15, 0.2) is 46.9 Å². The van der Waals surface area contributed by atoms with E-state index < -0.39 is 17.7 Å². The molecule has 0 aromatic heterocycles. The van der Waals surface area contributed by atoms with Gasteiger partial charge in [0.2, 0.25) is 0 Å². The van der Waals surface area contributed by atoms with E-state index in [9.17, 15) is 9.90 Å². The summed E-state index contributed by atoms with van der Waals surface area (Å²) in [6.45, 7) is 12.6. The maximum absolute atomic E-state index is 13.0. The van der Waals surface area contributed by atoms with Crippen LogP contribution < -0.4 is 10.1 Å². The molecule has 0 aliphatic heterocycles. The molecule has 8 heteroatoms. The summed E-state index contributed by atoms with van der Waals surface area (Å²) in [4.78, 5) is 13.0. The van der Waals surface area contributed by atoms with E-state index in [-0.39, 0.29) is 31.2 Å². The van der Waals surface area contributed by atoms with Crippen molar-refractivity contribution >= 4 is 21.9 Å². The fourth-order valence-electron chi connectivity index (χ4n) is 3.88. The van der Waals surface area contributed by atoms with Crippen molar-refractivity contribution in [3.05, 3.63) is 63.6 Å². The fourth-order valence-corrected chi connectivity index (χ4v) is 4.36. The summed E-state index contributed by atoms with van der Waals surface area (Å²) in [7, 11) is 1.62. The second kappa shape index (κ2) is 14.3. The molecule has 0 spiro atoms. The van der Waals surface area contributed by atoms with Crippen molar-refractivity contribution in [2.75, 3.05) is 33.7 Å². The molecule has 0 saturated carbocycles. The predicted octanol–water partition coefficient (Wildman–Crippen LogP) is 5.84. The molecule has 2 rings (SSSR count). The molecule has 0 aliphatic carbocycles. The molecule has 7 nitrogen and oxygen atoms in total. The molecule has 0 heterocycles. The summed E-state index contributed by atoms with van der Waals surface area (Å²) in [6.07, 6.45) is 0.0432. The highest BCUT2D eigenvalue weighted by Gasteiger charge is 2.30. The number of halogens is 1. The summed E-state index contributed by atoms with van der Waals surface area (Å²) in [5, 5.41) is 13.8. The Morgan fingerprint density at radius 1 is 1.03 bits per heavy atom. The van der Waals surface area contributed by atoms with Gasteiger partial charge in [0, 0.05) is 28.8 Å². The number of methoxy groups -OCH3 is 1. The van der Waals surface area contributed by atoms with Gasteiger partial charge in [-0.2, -0.15) is 0 Å². The number of nitrogens with one attached hydrogen (secondary N) is 1. The fraction of sp³-hybridized carbons (Fsp3) is 0.552. The summed E-state index contributed by atoms with van der Waals surface area (Å²) in [6, 6.07) is 12.7. The first kappa shape index (κ1) is 31.2. The van der Waals surface area contributed by atoms with Crippen LogP contribution in [0, 0.1) is 0 Å². The van der Waals surface area contributed by atoms with Crippen molar-refractivity contribution < 1.29 is 28.8 Å². The SMILES string of the molecule is COCCOCOc1c([C@H](CC(=O)OC(C)(C)C)N[C@H](CO)c2ccccc2)cc(Br)cc1C(C)(C)C. The van der Waals surface area contributed by atoms with Gasteiger partial charge in [0.1, 0.15) is 11.4 Å². The van der Waals surface area contributed by atoms with Crippen LogP contribution >= 0.6 is 15.9 Å². The maximum Gasteiger partial charge on any atom is 0.308 e. The standard InChI is InChI=1S/C29H42BrNO6/c1-28(2,3)23-16-21(30)15-22(27(23)36-19-35-14-13-34-7)24(17-26(33)37-29(4,5)6)31-25(18-32)20-11-9-8-10-12-20/h8-12,15-16,24-25,31-32H,13-14,17-19H2,1-7H3/t24-,25+/m0/s1. The van der Waals surface area contributed by atoms with E-state index in [1.54, 1.807) is 7.11 Å². The van der Waals surface area contributed by atoms with Crippen LogP contribution in [-0.4, -0.2) is 50.4 Å². The molecule has 0 amide bonds. The normalized spacial score (nSPS) is 13.8. The van der Waals surface area contributed by atoms with Crippen LogP contribution in [0.1, 0.15) is 76.7 Å². The number of rotatable bonds is 13. The van der Waals surface area contributed by atoms with Crippen molar-refractivity contribution in [3.8, 4) is 5.75 Å². The van der Waals surface area contributed by atoms with Crippen LogP contribution in [-0.2, 0) is 24.4 Å². The lowest BCUT2D eigenvalue weighted by Gasteiger charge is -2.31. The Kier molecular flexibility index (Phi) is 12.0. The Balaban J connectivity index is 2.55. The van der Waals surface area contributed by atoms with Gasteiger partial charge in [-0.25, -0.2) is 0 Å². The molecule has 2 atom stereocenters. The van der Waals surface area contributed by atoms with E-state index in [0.29, 0.717) is 19.0 Å². The Morgan fingerprint density at radius 2 is 1.70 bits per heavy atom. The molecule has 37 heavy (non-hydrogen) atoms. The lowest BCUT2D eigenvalue weighted by atomic mass is 9.83. The Morgan fingerprint density at radius 3 is 2.27 bits per heavy atom. The van der Waals surface area contributed by atoms with Crippen molar-refractivity contribution in [3.63, 3.8) is 0 Å². The van der Waals surface area contributed by atoms with Gasteiger partial charge in [0.05, 0.1) is 32.3 Å². The van der Waals surface area contributed by atoms with Crippen molar-refractivity contribution in [2.45, 2.75) is 71.1 Å². The van der Waals surface area contributed by atoms with Gasteiger partial charge in [0.25, 0.3) is 0 Å². The first-order valence-corrected chi connectivity index (χ1v) is 13.3. The summed E-state index contributed by atoms with van der Waals surface area (Å²) >= 11 is 3.66. The van der Waals surface area contributed by atoms with Crippen LogP contribution in [0.25, 0.3) is 0 Å². The van der Waals surface area contributed by atoms with Gasteiger partial charge in [-0.15, -0.1) is 0 Å². The van der Waals surface area contributed by atoms with E-state index in [1.165, 1.54) is 0 Å². The average molecular weight is 581 g/mol. The molecular formula is C29H42BrNO6. The molecule has 0 saturated heterocycles. The van der Waals surface area contributed by atoms with Gasteiger partial charge in [0.15, 0.2) is 6.79 Å². The number of esters is 1. The number of carbonyl (C=O) groups excluding carboxylic acids is 1. The molecule has 0 aliphatic rings. The van der Waals surface area contributed by atoms with Gasteiger partial charge in [-0.3, -0.25) is 4.79 Å². The zero-order valence-electron chi connectivity index (χ0n) is 23.1. The smallest absolute Gasteiger partial charge is 0.308 e. The number of hydrogen-bond acceptors (Lipinski definition) is 7. The summed E-state index contributed by atoms with van der Waals surface area (Å²) in [5.41, 5.74) is 1.76. The molecule has 0 radical (unpaired) electrons. The Labute approximate surface area is 230 Å². The van der Waals surface area contributed by atoms with Gasteiger partial charge in [-0.1, -0.05) is 67.0 Å². The number of carbonyl (C=O) groups is 1. The average Bonchev–Trinajstić information content (AvgIpc) is 2.80. The summed E-state index contributed by atoms with van der Waals surface area (Å²) in [5.74, 6) is 0.285. The first-order valence-electron chi connectivity index (χ1n) is 12.5. The van der Waals surface area contributed by atoms with Gasteiger partial charge < -0.3 is 29.4 Å². The second-order valence-electron chi connectivity index (χ2n) is 10.9. The molecular weight excluding hydrogens is 538 g/mol. The second-order valence-corrected chi connectivity index (χ2v) is 11.9. The van der Waals surface area contributed by atoms with E-state index in [0.717, 1.165) is 21.2 Å². The minimum absolute atomic E-state index is 0.0301. The lowest BCUT2D eigenvalue weighted by molar-refractivity contribution is -0.155. The molecule has 2 N–H and O–H groups in total. The predicted molar refractivity (Wildman–Crippen MR) is 149 cm³/mol. The highest BCUT2D eigenvalue weighted by Crippen LogP contribution is 2.41. The van der Waals surface area contributed by atoms with Crippen LogP contribution in [0.4, 0.5) is 0 Å². The van der Waals surface area contributed by atoms with Gasteiger partial charge in [-0.05, 0) is 43.9 Å². The van der Waals surface area contributed by atoms with Crippen LogP contribution in [0.2, 0.25) is 0 Å². The molecule has 206 valence electrons. The minimum atomic E-state index is -0.625. The van der Waals surface area contributed by atoms with Crippen molar-refractivity contribution in [1.29, 1.82) is 0 Å². The lowest BCUT2D eigenvalue weighted by Crippen LogP contribution is -2.33. The van der Waals surface area contributed by atoms with E-state index in [4.69, 9.17) is 18.9 Å². The molecule has 2 aromatic carbocycles. The third-order valence-electron chi connectivity index (χ3n) is 5.56. The van der Waals surface area contributed by atoms with Crippen molar-refractivity contribution in [1.82, 2.24) is 5.32 Å². The van der Waals surface area contributed by atoms with E-state index in [2.05, 4.69) is 42.0 Å². The number of benzene rings is 2. The number of ether oxygens (including phenoxy) is 4. The zero-order valence-corrected chi connectivity index (χ0v) is 24.7. The Bertz CT molecular complexity index is 984. The third-order valence-corrected chi connectivity index (χ3v) is 6.02. The maximum atomic E-state index is 13.0. The topological polar surface area (TPSA) is 86.3 Å². The monoisotopic (exact) mass is 579 g/mol. The minimum Gasteiger partial charge on any atom is -0.467 e. The first-order chi connectivity index (χ1) is 17.4. The molecule has 2 aromatic rings. The molecule has 0 fully saturated rings. The van der Waals surface area contributed by atoms with E-state index in [1.807, 2.05) is 63.2 Å². The molecule has 0 bridgehead atoms. The third kappa shape index (κ3) is 10.4. The van der Waals surface area contributed by atoms with Crippen LogP contribution in [0.3, 0.4) is 0 Å². The number of aliphatic hydroxyl groups excluding tert-OH is 1. The highest BCUT2D eigenvalue weighted by atomic mass is 79.9.